The smallest absolute Gasteiger partial charge is 0.270 e. The van der Waals surface area contributed by atoms with Gasteiger partial charge >= 0.3 is 0 Å². The SMILES string of the molecule is N#CCSc1ncc(-c2cccc([N+](=O)[O-])c2)n1-c1cccc(Cl)c1. The van der Waals surface area contributed by atoms with E-state index in [0.29, 0.717) is 21.4 Å². The summed E-state index contributed by atoms with van der Waals surface area (Å²) in [6, 6.07) is 15.6. The standard InChI is InChI=1S/C17H11ClN4O2S/c18-13-4-2-5-14(10-13)21-16(11-20-17(21)25-8-7-19)12-3-1-6-15(9-12)22(23)24/h1-6,9-11H,8H2. The van der Waals surface area contributed by atoms with Gasteiger partial charge in [-0.2, -0.15) is 5.26 Å². The molecule has 1 aromatic heterocycles. The molecule has 124 valence electrons. The minimum atomic E-state index is -0.436. The van der Waals surface area contributed by atoms with Gasteiger partial charge in [0.25, 0.3) is 5.69 Å². The van der Waals surface area contributed by atoms with E-state index < -0.39 is 4.92 Å². The number of aromatic nitrogens is 2. The molecule has 2 aromatic carbocycles. The van der Waals surface area contributed by atoms with E-state index in [0.717, 1.165) is 5.69 Å². The number of hydrogen-bond acceptors (Lipinski definition) is 5. The van der Waals surface area contributed by atoms with Crippen molar-refractivity contribution in [2.75, 3.05) is 5.75 Å². The molecule has 0 aliphatic carbocycles. The molecule has 1 heterocycles. The average molecular weight is 371 g/mol. The van der Waals surface area contributed by atoms with Crippen LogP contribution >= 0.6 is 23.4 Å². The number of hydrogen-bond donors (Lipinski definition) is 0. The summed E-state index contributed by atoms with van der Waals surface area (Å²) in [5, 5.41) is 21.1. The van der Waals surface area contributed by atoms with Gasteiger partial charge in [0.2, 0.25) is 0 Å². The molecular formula is C17H11ClN4O2S. The molecule has 0 bridgehead atoms. The molecule has 0 saturated carbocycles. The van der Waals surface area contributed by atoms with Gasteiger partial charge in [-0.3, -0.25) is 14.7 Å². The van der Waals surface area contributed by atoms with Crippen molar-refractivity contribution in [1.82, 2.24) is 9.55 Å². The number of nitro groups is 1. The molecule has 0 fully saturated rings. The fourth-order valence-electron chi connectivity index (χ4n) is 2.38. The molecule has 25 heavy (non-hydrogen) atoms. The summed E-state index contributed by atoms with van der Waals surface area (Å²) < 4.78 is 1.84. The summed E-state index contributed by atoms with van der Waals surface area (Å²) >= 11 is 7.39. The quantitative estimate of drug-likeness (QED) is 0.368. The Hall–Kier alpha value is -2.82. The van der Waals surface area contributed by atoms with E-state index in [4.69, 9.17) is 16.9 Å². The van der Waals surface area contributed by atoms with Gasteiger partial charge in [0.1, 0.15) is 0 Å². The molecule has 0 unspecified atom stereocenters. The summed E-state index contributed by atoms with van der Waals surface area (Å²) in [6.07, 6.45) is 1.64. The van der Waals surface area contributed by atoms with Crippen LogP contribution in [0, 0.1) is 21.4 Å². The van der Waals surface area contributed by atoms with Gasteiger partial charge in [0.05, 0.1) is 28.6 Å². The maximum absolute atomic E-state index is 11.1. The first-order chi connectivity index (χ1) is 12.1. The van der Waals surface area contributed by atoms with Gasteiger partial charge in [-0.1, -0.05) is 41.6 Å². The molecule has 0 saturated heterocycles. The number of benzene rings is 2. The van der Waals surface area contributed by atoms with Gasteiger partial charge in [0, 0.05) is 28.4 Å². The van der Waals surface area contributed by atoms with Crippen LogP contribution in [0.3, 0.4) is 0 Å². The van der Waals surface area contributed by atoms with E-state index in [1.165, 1.54) is 23.9 Å². The fourth-order valence-corrected chi connectivity index (χ4v) is 3.22. The minimum absolute atomic E-state index is 0.00238. The summed E-state index contributed by atoms with van der Waals surface area (Å²) in [4.78, 5) is 15.0. The van der Waals surface area contributed by atoms with Crippen molar-refractivity contribution in [3.05, 3.63) is 69.9 Å². The summed E-state index contributed by atoms with van der Waals surface area (Å²) in [5.74, 6) is 0.242. The maximum atomic E-state index is 11.1. The van der Waals surface area contributed by atoms with Crippen molar-refractivity contribution < 1.29 is 4.92 Å². The molecule has 0 amide bonds. The van der Waals surface area contributed by atoms with E-state index in [2.05, 4.69) is 11.1 Å². The van der Waals surface area contributed by atoms with Crippen molar-refractivity contribution in [1.29, 1.82) is 5.26 Å². The lowest BCUT2D eigenvalue weighted by molar-refractivity contribution is -0.384. The Labute approximate surface area is 152 Å². The Morgan fingerprint density at radius 1 is 1.28 bits per heavy atom. The number of halogens is 1. The number of imidazole rings is 1. The van der Waals surface area contributed by atoms with Gasteiger partial charge in [-0.05, 0) is 18.2 Å². The highest BCUT2D eigenvalue weighted by molar-refractivity contribution is 7.99. The lowest BCUT2D eigenvalue weighted by atomic mass is 10.1. The van der Waals surface area contributed by atoms with Crippen LogP contribution in [0.1, 0.15) is 0 Å². The average Bonchev–Trinajstić information content (AvgIpc) is 3.04. The number of thioether (sulfide) groups is 1. The Morgan fingerprint density at radius 2 is 2.08 bits per heavy atom. The molecule has 6 nitrogen and oxygen atoms in total. The Kier molecular flexibility index (Phi) is 5.03. The van der Waals surface area contributed by atoms with Crippen molar-refractivity contribution in [3.8, 4) is 23.0 Å². The van der Waals surface area contributed by atoms with Gasteiger partial charge in [-0.15, -0.1) is 0 Å². The van der Waals surface area contributed by atoms with Crippen LogP contribution in [0.25, 0.3) is 16.9 Å². The molecule has 0 spiro atoms. The van der Waals surface area contributed by atoms with E-state index in [1.807, 2.05) is 16.7 Å². The zero-order chi connectivity index (χ0) is 17.8. The monoisotopic (exact) mass is 370 g/mol. The molecule has 8 heteroatoms. The van der Waals surface area contributed by atoms with Gasteiger partial charge < -0.3 is 0 Å². The van der Waals surface area contributed by atoms with Crippen LogP contribution in [0.5, 0.6) is 0 Å². The second-order valence-electron chi connectivity index (χ2n) is 5.00. The predicted octanol–water partition coefficient (Wildman–Crippen LogP) is 4.72. The second kappa shape index (κ2) is 7.38. The first-order valence-corrected chi connectivity index (χ1v) is 8.55. The highest BCUT2D eigenvalue weighted by atomic mass is 35.5. The summed E-state index contributed by atoms with van der Waals surface area (Å²) in [6.45, 7) is 0. The number of rotatable bonds is 5. The van der Waals surface area contributed by atoms with Crippen LogP contribution in [0.4, 0.5) is 5.69 Å². The normalized spacial score (nSPS) is 10.4. The van der Waals surface area contributed by atoms with Crippen molar-refractivity contribution in [2.45, 2.75) is 5.16 Å². The Bertz CT molecular complexity index is 981. The molecule has 3 aromatic rings. The summed E-state index contributed by atoms with van der Waals surface area (Å²) in [7, 11) is 0. The molecule has 0 N–H and O–H groups in total. The van der Waals surface area contributed by atoms with Gasteiger partial charge in [0.15, 0.2) is 5.16 Å². The molecule has 0 atom stereocenters. The van der Waals surface area contributed by atoms with E-state index >= 15 is 0 Å². The first-order valence-electron chi connectivity index (χ1n) is 7.18. The Balaban J connectivity index is 2.17. The van der Waals surface area contributed by atoms with Crippen LogP contribution < -0.4 is 0 Å². The number of nitrogens with zero attached hydrogens (tertiary/aromatic N) is 4. The maximum Gasteiger partial charge on any atom is 0.270 e. The topological polar surface area (TPSA) is 84.8 Å². The van der Waals surface area contributed by atoms with Crippen LogP contribution in [0.15, 0.2) is 59.9 Å². The van der Waals surface area contributed by atoms with Crippen LogP contribution in [0.2, 0.25) is 5.02 Å². The lowest BCUT2D eigenvalue weighted by Gasteiger charge is -2.12. The summed E-state index contributed by atoms with van der Waals surface area (Å²) in [5.41, 5.74) is 2.12. The zero-order valence-corrected chi connectivity index (χ0v) is 14.4. The van der Waals surface area contributed by atoms with Crippen LogP contribution in [-0.2, 0) is 0 Å². The molecule has 0 radical (unpaired) electrons. The highest BCUT2D eigenvalue weighted by Gasteiger charge is 2.16. The fraction of sp³-hybridized carbons (Fsp3) is 0.0588. The third kappa shape index (κ3) is 3.65. The van der Waals surface area contributed by atoms with Gasteiger partial charge in [-0.25, -0.2) is 4.98 Å². The number of non-ortho nitro benzene ring substituents is 1. The second-order valence-corrected chi connectivity index (χ2v) is 6.37. The first kappa shape index (κ1) is 17.0. The van der Waals surface area contributed by atoms with E-state index in [1.54, 1.807) is 30.5 Å². The zero-order valence-electron chi connectivity index (χ0n) is 12.8. The molecular weight excluding hydrogens is 360 g/mol. The number of nitriles is 1. The van der Waals surface area contributed by atoms with E-state index in [-0.39, 0.29) is 11.4 Å². The van der Waals surface area contributed by atoms with Crippen LogP contribution in [-0.4, -0.2) is 20.2 Å². The number of nitro benzene ring substituents is 1. The highest BCUT2D eigenvalue weighted by Crippen LogP contribution is 2.32. The van der Waals surface area contributed by atoms with Crippen molar-refractivity contribution in [2.24, 2.45) is 0 Å². The third-order valence-corrected chi connectivity index (χ3v) is 4.47. The molecule has 0 aliphatic rings. The lowest BCUT2D eigenvalue weighted by Crippen LogP contribution is -1.99. The van der Waals surface area contributed by atoms with Crippen molar-refractivity contribution in [3.63, 3.8) is 0 Å². The van der Waals surface area contributed by atoms with Crippen molar-refractivity contribution >= 4 is 29.1 Å². The molecule has 3 rings (SSSR count). The Morgan fingerprint density at radius 3 is 2.80 bits per heavy atom. The largest absolute Gasteiger partial charge is 0.287 e. The molecule has 0 aliphatic heterocycles. The predicted molar refractivity (Wildman–Crippen MR) is 97.0 cm³/mol. The third-order valence-electron chi connectivity index (χ3n) is 3.41. The minimum Gasteiger partial charge on any atom is -0.287 e. The van der Waals surface area contributed by atoms with E-state index in [9.17, 15) is 10.1 Å².